The van der Waals surface area contributed by atoms with Crippen molar-refractivity contribution in [1.29, 1.82) is 0 Å². The number of nitrogens with zero attached hydrogens (tertiary/aromatic N) is 2. The third kappa shape index (κ3) is 2.77. The van der Waals surface area contributed by atoms with E-state index in [0.29, 0.717) is 10.9 Å². The van der Waals surface area contributed by atoms with Gasteiger partial charge in [-0.25, -0.2) is 4.98 Å². The van der Waals surface area contributed by atoms with Crippen molar-refractivity contribution >= 4 is 29.0 Å². The molecule has 0 radical (unpaired) electrons. The van der Waals surface area contributed by atoms with Gasteiger partial charge in [0.2, 0.25) is 0 Å². The normalized spacial score (nSPS) is 14.8. The zero-order valence-electron chi connectivity index (χ0n) is 11.1. The Hall–Kier alpha value is -1.25. The highest BCUT2D eigenvalue weighted by Gasteiger charge is 2.16. The molecule has 2 aromatic rings. The van der Waals surface area contributed by atoms with Gasteiger partial charge in [-0.05, 0) is 36.1 Å². The zero-order chi connectivity index (χ0) is 13.9. The van der Waals surface area contributed by atoms with Gasteiger partial charge in [-0.2, -0.15) is 0 Å². The van der Waals surface area contributed by atoms with Crippen LogP contribution in [0.25, 0.3) is 0 Å². The molecule has 20 heavy (non-hydrogen) atoms. The molecule has 0 N–H and O–H groups in total. The van der Waals surface area contributed by atoms with E-state index in [1.165, 1.54) is 11.1 Å². The van der Waals surface area contributed by atoms with E-state index in [4.69, 9.17) is 23.2 Å². The monoisotopic (exact) mass is 306 g/mol. The number of hydrogen-bond acceptors (Lipinski definition) is 2. The second kappa shape index (κ2) is 6.02. The minimum absolute atomic E-state index is 0.344. The number of aromatic nitrogens is 1. The molecule has 0 aliphatic carbocycles. The van der Waals surface area contributed by atoms with Gasteiger partial charge in [0.15, 0.2) is 0 Å². The van der Waals surface area contributed by atoms with Gasteiger partial charge in [-0.1, -0.05) is 35.9 Å². The van der Waals surface area contributed by atoms with Crippen LogP contribution < -0.4 is 4.90 Å². The van der Waals surface area contributed by atoms with E-state index in [9.17, 15) is 0 Å². The van der Waals surface area contributed by atoms with Crippen LogP contribution in [0, 0.1) is 0 Å². The van der Waals surface area contributed by atoms with E-state index >= 15 is 0 Å². The third-order valence-corrected chi connectivity index (χ3v) is 4.31. The van der Waals surface area contributed by atoms with Gasteiger partial charge in [0.05, 0.1) is 16.6 Å². The molecule has 0 atom stereocenters. The number of halogens is 2. The first-order valence-corrected chi connectivity index (χ1v) is 7.72. The second-order valence-electron chi connectivity index (χ2n) is 5.03. The number of hydrogen-bond donors (Lipinski definition) is 0. The van der Waals surface area contributed by atoms with Crippen molar-refractivity contribution in [2.75, 3.05) is 11.4 Å². The lowest BCUT2D eigenvalue weighted by Gasteiger charge is -2.22. The number of aryl methyl sites for hydroxylation is 1. The Labute approximate surface area is 129 Å². The first kappa shape index (κ1) is 13.7. The van der Waals surface area contributed by atoms with Crippen LogP contribution in [-0.4, -0.2) is 11.5 Å². The van der Waals surface area contributed by atoms with Crippen LogP contribution in [0.2, 0.25) is 5.02 Å². The highest BCUT2D eigenvalue weighted by atomic mass is 35.5. The molecular formula is C16H16Cl2N2. The molecule has 0 spiro atoms. The molecule has 0 amide bonds. The summed E-state index contributed by atoms with van der Waals surface area (Å²) in [5.41, 5.74) is 3.58. The van der Waals surface area contributed by atoms with E-state index in [1.54, 1.807) is 0 Å². The molecule has 1 aromatic carbocycles. The van der Waals surface area contributed by atoms with Crippen LogP contribution in [-0.2, 0) is 18.8 Å². The summed E-state index contributed by atoms with van der Waals surface area (Å²) in [6.45, 7) is 1.90. The Bertz CT molecular complexity index is 613. The minimum Gasteiger partial charge on any atom is -0.352 e. The van der Waals surface area contributed by atoms with Crippen LogP contribution in [0.5, 0.6) is 0 Å². The highest BCUT2D eigenvalue weighted by molar-refractivity contribution is 6.32. The standard InChI is InChI=1S/C16H16Cl2N2/c17-10-15-14(18)7-8-16(19-15)20-9-3-6-12-4-1-2-5-13(12)11-20/h1-2,4-5,7-8H,3,6,9-11H2. The fraction of sp³-hybridized carbons (Fsp3) is 0.312. The van der Waals surface area contributed by atoms with E-state index in [-0.39, 0.29) is 0 Å². The Kier molecular flexibility index (Phi) is 4.13. The summed E-state index contributed by atoms with van der Waals surface area (Å²) in [7, 11) is 0. The number of pyridine rings is 1. The van der Waals surface area contributed by atoms with Crippen molar-refractivity contribution < 1.29 is 0 Å². The van der Waals surface area contributed by atoms with Crippen molar-refractivity contribution in [3.63, 3.8) is 0 Å². The van der Waals surface area contributed by atoms with Crippen molar-refractivity contribution in [2.45, 2.75) is 25.3 Å². The molecule has 0 bridgehead atoms. The molecule has 0 fully saturated rings. The fourth-order valence-electron chi connectivity index (χ4n) is 2.64. The lowest BCUT2D eigenvalue weighted by molar-refractivity contribution is 0.753. The summed E-state index contributed by atoms with van der Waals surface area (Å²) in [4.78, 5) is 6.89. The third-order valence-electron chi connectivity index (χ3n) is 3.71. The van der Waals surface area contributed by atoms with E-state index in [2.05, 4.69) is 34.1 Å². The first-order chi connectivity index (χ1) is 9.78. The van der Waals surface area contributed by atoms with Crippen LogP contribution in [0.3, 0.4) is 0 Å². The van der Waals surface area contributed by atoms with Crippen LogP contribution in [0.4, 0.5) is 5.82 Å². The van der Waals surface area contributed by atoms with E-state index in [1.807, 2.05) is 12.1 Å². The number of alkyl halides is 1. The molecule has 2 nitrogen and oxygen atoms in total. The van der Waals surface area contributed by atoms with Gasteiger partial charge < -0.3 is 4.90 Å². The Morgan fingerprint density at radius 2 is 1.90 bits per heavy atom. The van der Waals surface area contributed by atoms with Crippen molar-refractivity contribution in [1.82, 2.24) is 4.98 Å². The summed E-state index contributed by atoms with van der Waals surface area (Å²) in [5.74, 6) is 1.30. The van der Waals surface area contributed by atoms with Gasteiger partial charge in [0.25, 0.3) is 0 Å². The average Bonchev–Trinajstić information content (AvgIpc) is 2.70. The molecule has 1 aliphatic rings. The van der Waals surface area contributed by atoms with Crippen molar-refractivity contribution in [3.8, 4) is 0 Å². The van der Waals surface area contributed by atoms with Gasteiger partial charge in [-0.3, -0.25) is 0 Å². The summed E-state index contributed by atoms with van der Waals surface area (Å²) in [6.07, 6.45) is 2.26. The van der Waals surface area contributed by atoms with Gasteiger partial charge >= 0.3 is 0 Å². The number of benzene rings is 1. The van der Waals surface area contributed by atoms with Gasteiger partial charge in [0, 0.05) is 13.1 Å². The maximum Gasteiger partial charge on any atom is 0.129 e. The lowest BCUT2D eigenvalue weighted by atomic mass is 10.0. The number of rotatable bonds is 2. The molecule has 2 heterocycles. The van der Waals surface area contributed by atoms with Gasteiger partial charge in [0.1, 0.15) is 5.82 Å². The average molecular weight is 307 g/mol. The summed E-state index contributed by atoms with van der Waals surface area (Å²) in [6, 6.07) is 12.5. The Balaban J connectivity index is 1.91. The summed E-state index contributed by atoms with van der Waals surface area (Å²) >= 11 is 12.0. The van der Waals surface area contributed by atoms with Gasteiger partial charge in [-0.15, -0.1) is 11.6 Å². The molecule has 1 aliphatic heterocycles. The van der Waals surface area contributed by atoms with E-state index in [0.717, 1.165) is 37.4 Å². The predicted octanol–water partition coefficient (Wildman–Crippen LogP) is 4.43. The minimum atomic E-state index is 0.344. The summed E-state index contributed by atoms with van der Waals surface area (Å²) in [5, 5.41) is 0.638. The highest BCUT2D eigenvalue weighted by Crippen LogP contribution is 2.25. The molecule has 0 saturated carbocycles. The van der Waals surface area contributed by atoms with Crippen molar-refractivity contribution in [3.05, 3.63) is 58.2 Å². The Morgan fingerprint density at radius 1 is 1.10 bits per heavy atom. The summed E-state index contributed by atoms with van der Waals surface area (Å²) < 4.78 is 0. The van der Waals surface area contributed by atoms with Crippen LogP contribution in [0.15, 0.2) is 36.4 Å². The molecule has 0 unspecified atom stereocenters. The molecular weight excluding hydrogens is 291 g/mol. The molecule has 0 saturated heterocycles. The molecule has 1 aromatic heterocycles. The zero-order valence-corrected chi connectivity index (χ0v) is 12.7. The van der Waals surface area contributed by atoms with Crippen LogP contribution in [0.1, 0.15) is 23.2 Å². The van der Waals surface area contributed by atoms with E-state index < -0.39 is 0 Å². The fourth-order valence-corrected chi connectivity index (χ4v) is 3.08. The maximum atomic E-state index is 6.08. The quantitative estimate of drug-likeness (QED) is 0.763. The number of anilines is 1. The smallest absolute Gasteiger partial charge is 0.129 e. The van der Waals surface area contributed by atoms with Crippen molar-refractivity contribution in [2.24, 2.45) is 0 Å². The predicted molar refractivity (Wildman–Crippen MR) is 84.6 cm³/mol. The largest absolute Gasteiger partial charge is 0.352 e. The maximum absolute atomic E-state index is 6.08. The first-order valence-electron chi connectivity index (χ1n) is 6.81. The topological polar surface area (TPSA) is 16.1 Å². The molecule has 4 heteroatoms. The molecule has 104 valence electrons. The van der Waals surface area contributed by atoms with Crippen LogP contribution >= 0.6 is 23.2 Å². The number of fused-ring (bicyclic) bond motifs is 1. The Morgan fingerprint density at radius 3 is 2.70 bits per heavy atom. The molecule has 3 rings (SSSR count). The second-order valence-corrected chi connectivity index (χ2v) is 5.70. The SMILES string of the molecule is ClCc1nc(N2CCCc3ccccc3C2)ccc1Cl. The lowest BCUT2D eigenvalue weighted by Crippen LogP contribution is -2.23.